The fraction of sp³-hybridized carbons (Fsp3) is 0.318. The third kappa shape index (κ3) is 6.53. The molecule has 2 aromatic rings. The van der Waals surface area contributed by atoms with Crippen molar-refractivity contribution in [2.75, 3.05) is 6.61 Å². The molecule has 0 aliphatic heterocycles. The van der Waals surface area contributed by atoms with Crippen molar-refractivity contribution in [3.63, 3.8) is 0 Å². The summed E-state index contributed by atoms with van der Waals surface area (Å²) in [4.78, 5) is 12.2. The Morgan fingerprint density at radius 1 is 1.26 bits per heavy atom. The molecule has 2 aromatic carbocycles. The molecule has 0 aromatic heterocycles. The van der Waals surface area contributed by atoms with Gasteiger partial charge in [0.15, 0.2) is 11.6 Å². The maximum absolute atomic E-state index is 14.4. The van der Waals surface area contributed by atoms with Crippen molar-refractivity contribution in [1.82, 2.24) is 4.31 Å². The molecule has 0 aliphatic carbocycles. The summed E-state index contributed by atoms with van der Waals surface area (Å²) in [7, 11) is -4.14. The Bertz CT molecular complexity index is 1030. The molecule has 0 bridgehead atoms. The van der Waals surface area contributed by atoms with Crippen molar-refractivity contribution >= 4 is 27.5 Å². The van der Waals surface area contributed by atoms with Crippen LogP contribution in [0.4, 0.5) is 4.39 Å². The van der Waals surface area contributed by atoms with Gasteiger partial charge in [0.1, 0.15) is 12.6 Å². The predicted molar refractivity (Wildman–Crippen MR) is 119 cm³/mol. The predicted octanol–water partition coefficient (Wildman–Crippen LogP) is 4.13. The average molecular weight is 469 g/mol. The zero-order chi connectivity index (χ0) is 23.2. The zero-order valence-electron chi connectivity index (χ0n) is 17.4. The lowest BCUT2D eigenvalue weighted by Gasteiger charge is -2.30. The molecule has 31 heavy (non-hydrogen) atoms. The van der Waals surface area contributed by atoms with E-state index < -0.39 is 27.8 Å². The van der Waals surface area contributed by atoms with E-state index in [0.29, 0.717) is 10.6 Å². The molecule has 0 heterocycles. The molecule has 1 amide bonds. The van der Waals surface area contributed by atoms with Crippen LogP contribution in [-0.4, -0.2) is 31.3 Å². The van der Waals surface area contributed by atoms with Crippen LogP contribution in [-0.2, 0) is 21.4 Å². The first-order chi connectivity index (χ1) is 14.6. The minimum absolute atomic E-state index is 0.00756. The Balaban J connectivity index is 2.49. The van der Waals surface area contributed by atoms with E-state index in [4.69, 9.17) is 22.1 Å². The normalized spacial score (nSPS) is 12.7. The summed E-state index contributed by atoms with van der Waals surface area (Å²) in [5.74, 6) is -1.42. The van der Waals surface area contributed by atoms with E-state index in [-0.39, 0.29) is 36.1 Å². The number of carbonyl (C=O) groups is 1. The van der Waals surface area contributed by atoms with E-state index in [1.54, 1.807) is 6.07 Å². The number of hydrogen-bond donors (Lipinski definition) is 1. The number of sulfonamides is 1. The lowest BCUT2D eigenvalue weighted by Crippen LogP contribution is -2.48. The van der Waals surface area contributed by atoms with E-state index in [1.807, 2.05) is 13.8 Å². The standard InChI is InChI=1S/C22H26ClFN2O4S/c1-4-11-30-21-10-5-16(13-19(21)24)14-26(20(22(25)27)12-15(2)3)31(28,29)18-8-6-17(23)7-9-18/h4-10,13,15,20H,1,11-12,14H2,2-3H3,(H2,25,27)/t20-/m1/s1. The van der Waals surface area contributed by atoms with Crippen LogP contribution in [0.1, 0.15) is 25.8 Å². The van der Waals surface area contributed by atoms with Crippen LogP contribution >= 0.6 is 11.6 Å². The third-order valence-corrected chi connectivity index (χ3v) is 6.60. The summed E-state index contributed by atoms with van der Waals surface area (Å²) in [6.07, 6.45) is 1.70. The summed E-state index contributed by atoms with van der Waals surface area (Å²) in [5.41, 5.74) is 5.92. The van der Waals surface area contributed by atoms with Gasteiger partial charge in [0.25, 0.3) is 0 Å². The number of ether oxygens (including phenoxy) is 1. The van der Waals surface area contributed by atoms with Crippen LogP contribution < -0.4 is 10.5 Å². The molecule has 6 nitrogen and oxygen atoms in total. The van der Waals surface area contributed by atoms with Crippen LogP contribution in [0.2, 0.25) is 5.02 Å². The Hall–Kier alpha value is -2.42. The number of carbonyl (C=O) groups excluding carboxylic acids is 1. The van der Waals surface area contributed by atoms with E-state index in [1.165, 1.54) is 42.5 Å². The van der Waals surface area contributed by atoms with Gasteiger partial charge in [-0.15, -0.1) is 0 Å². The van der Waals surface area contributed by atoms with Crippen molar-refractivity contribution in [3.05, 3.63) is 71.5 Å². The van der Waals surface area contributed by atoms with Gasteiger partial charge in [-0.3, -0.25) is 4.79 Å². The molecule has 0 saturated heterocycles. The smallest absolute Gasteiger partial charge is 0.244 e. The molecular weight excluding hydrogens is 443 g/mol. The molecule has 0 spiro atoms. The number of hydrogen-bond acceptors (Lipinski definition) is 4. The maximum Gasteiger partial charge on any atom is 0.244 e. The van der Waals surface area contributed by atoms with Crippen molar-refractivity contribution in [1.29, 1.82) is 0 Å². The van der Waals surface area contributed by atoms with E-state index in [2.05, 4.69) is 6.58 Å². The van der Waals surface area contributed by atoms with Gasteiger partial charge in [-0.2, -0.15) is 4.31 Å². The molecule has 168 valence electrons. The first kappa shape index (κ1) is 24.8. The molecular formula is C22H26ClFN2O4S. The Morgan fingerprint density at radius 3 is 2.42 bits per heavy atom. The maximum atomic E-state index is 14.4. The molecule has 0 radical (unpaired) electrons. The number of halogens is 2. The highest BCUT2D eigenvalue weighted by Crippen LogP contribution is 2.27. The van der Waals surface area contributed by atoms with Gasteiger partial charge in [0.2, 0.25) is 15.9 Å². The second kappa shape index (κ2) is 10.7. The molecule has 2 N–H and O–H groups in total. The molecule has 9 heteroatoms. The molecule has 2 rings (SSSR count). The average Bonchev–Trinajstić information content (AvgIpc) is 2.69. The zero-order valence-corrected chi connectivity index (χ0v) is 19.0. The highest BCUT2D eigenvalue weighted by Gasteiger charge is 2.35. The molecule has 0 aliphatic rings. The van der Waals surface area contributed by atoms with Gasteiger partial charge in [0.05, 0.1) is 4.90 Å². The highest BCUT2D eigenvalue weighted by molar-refractivity contribution is 7.89. The Labute approximate surface area is 187 Å². The number of nitrogens with zero attached hydrogens (tertiary/aromatic N) is 1. The van der Waals surface area contributed by atoms with Crippen molar-refractivity contribution in [2.24, 2.45) is 11.7 Å². The van der Waals surface area contributed by atoms with E-state index in [0.717, 1.165) is 4.31 Å². The Kier molecular flexibility index (Phi) is 8.61. The SMILES string of the molecule is C=CCOc1ccc(CN([C@H](CC(C)C)C(N)=O)S(=O)(=O)c2ccc(Cl)cc2)cc1F. The quantitative estimate of drug-likeness (QED) is 0.502. The van der Waals surface area contributed by atoms with Crippen LogP contribution in [0.25, 0.3) is 0 Å². The lowest BCUT2D eigenvalue weighted by atomic mass is 10.0. The summed E-state index contributed by atoms with van der Waals surface area (Å²) < 4.78 is 47.5. The van der Waals surface area contributed by atoms with Crippen LogP contribution in [0.5, 0.6) is 5.75 Å². The van der Waals surface area contributed by atoms with Gasteiger partial charge in [-0.25, -0.2) is 12.8 Å². The third-order valence-electron chi connectivity index (χ3n) is 4.48. The number of benzene rings is 2. The minimum Gasteiger partial charge on any atom is -0.486 e. The van der Waals surface area contributed by atoms with E-state index in [9.17, 15) is 17.6 Å². The molecule has 1 atom stereocenters. The second-order valence-corrected chi connectivity index (χ2v) is 9.74. The largest absolute Gasteiger partial charge is 0.486 e. The fourth-order valence-electron chi connectivity index (χ4n) is 3.02. The van der Waals surface area contributed by atoms with E-state index >= 15 is 0 Å². The summed E-state index contributed by atoms with van der Waals surface area (Å²) in [5, 5.41) is 0.372. The van der Waals surface area contributed by atoms with Gasteiger partial charge >= 0.3 is 0 Å². The van der Waals surface area contributed by atoms with Crippen molar-refractivity contribution in [2.45, 2.75) is 37.8 Å². The van der Waals surface area contributed by atoms with Gasteiger partial charge in [-0.1, -0.05) is 44.2 Å². The monoisotopic (exact) mass is 468 g/mol. The lowest BCUT2D eigenvalue weighted by molar-refractivity contribution is -0.122. The summed E-state index contributed by atoms with van der Waals surface area (Å²) in [6.45, 7) is 7.11. The van der Waals surface area contributed by atoms with Crippen molar-refractivity contribution < 1.29 is 22.3 Å². The van der Waals surface area contributed by atoms with Gasteiger partial charge in [0, 0.05) is 11.6 Å². The van der Waals surface area contributed by atoms with Crippen LogP contribution in [0, 0.1) is 11.7 Å². The topological polar surface area (TPSA) is 89.7 Å². The molecule has 0 unspecified atom stereocenters. The first-order valence-electron chi connectivity index (χ1n) is 9.65. The number of nitrogens with two attached hydrogens (primary N) is 1. The van der Waals surface area contributed by atoms with Crippen LogP contribution in [0.3, 0.4) is 0 Å². The highest BCUT2D eigenvalue weighted by atomic mass is 35.5. The minimum atomic E-state index is -4.14. The van der Waals surface area contributed by atoms with Gasteiger partial charge < -0.3 is 10.5 Å². The van der Waals surface area contributed by atoms with Crippen molar-refractivity contribution in [3.8, 4) is 5.75 Å². The number of rotatable bonds is 11. The fourth-order valence-corrected chi connectivity index (χ4v) is 4.74. The summed E-state index contributed by atoms with van der Waals surface area (Å²) >= 11 is 5.88. The second-order valence-electron chi connectivity index (χ2n) is 7.42. The molecule has 0 saturated carbocycles. The van der Waals surface area contributed by atoms with Crippen LogP contribution in [0.15, 0.2) is 60.0 Å². The van der Waals surface area contributed by atoms with Gasteiger partial charge in [-0.05, 0) is 54.3 Å². The Morgan fingerprint density at radius 2 is 1.90 bits per heavy atom. The molecule has 0 fully saturated rings. The number of amides is 1. The summed E-state index contributed by atoms with van der Waals surface area (Å²) in [6, 6.07) is 8.61. The first-order valence-corrected chi connectivity index (χ1v) is 11.5. The number of primary amides is 1.